The van der Waals surface area contributed by atoms with Gasteiger partial charge in [0, 0.05) is 12.1 Å². The second-order valence-electron chi connectivity index (χ2n) is 4.16. The third-order valence-electron chi connectivity index (χ3n) is 2.76. The van der Waals surface area contributed by atoms with Gasteiger partial charge in [-0.25, -0.2) is 0 Å². The van der Waals surface area contributed by atoms with Crippen molar-refractivity contribution in [2.45, 2.75) is 12.8 Å². The van der Waals surface area contributed by atoms with Gasteiger partial charge in [-0.05, 0) is 19.1 Å². The molecule has 0 saturated carbocycles. The van der Waals surface area contributed by atoms with Crippen LogP contribution in [0.15, 0.2) is 36.5 Å². The highest BCUT2D eigenvalue weighted by Gasteiger charge is 2.13. The fourth-order valence-corrected chi connectivity index (χ4v) is 1.54. The number of amides is 1. The Labute approximate surface area is 116 Å². The van der Waals surface area contributed by atoms with Crippen molar-refractivity contribution in [1.82, 2.24) is 9.97 Å². The summed E-state index contributed by atoms with van der Waals surface area (Å²) in [7, 11) is 1.54. The normalized spacial score (nSPS) is 11.7. The summed E-state index contributed by atoms with van der Waals surface area (Å²) < 4.78 is 10.6. The van der Waals surface area contributed by atoms with Gasteiger partial charge in [-0.2, -0.15) is 4.98 Å². The first-order valence-corrected chi connectivity index (χ1v) is 6.04. The Morgan fingerprint density at radius 3 is 2.60 bits per heavy atom. The van der Waals surface area contributed by atoms with E-state index in [0.29, 0.717) is 23.2 Å². The van der Waals surface area contributed by atoms with Crippen molar-refractivity contribution in [2.24, 2.45) is 5.73 Å². The Hall–Kier alpha value is -2.63. The molecular weight excluding hydrogens is 258 g/mol. The highest BCUT2D eigenvalue weighted by molar-refractivity contribution is 5.80. The number of carbonyl (C=O) groups excluding carboxylic acids is 1. The van der Waals surface area contributed by atoms with Gasteiger partial charge in [0.05, 0.1) is 24.9 Å². The maximum absolute atomic E-state index is 11.1. The number of nitrogens with zero attached hydrogens (tertiary/aromatic N) is 2. The number of rotatable bonds is 5. The average molecular weight is 273 g/mol. The first-order chi connectivity index (χ1) is 9.60. The summed E-state index contributed by atoms with van der Waals surface area (Å²) in [4.78, 5) is 19.4. The van der Waals surface area contributed by atoms with Gasteiger partial charge in [-0.15, -0.1) is 0 Å². The molecule has 6 nitrogen and oxygen atoms in total. The summed E-state index contributed by atoms with van der Waals surface area (Å²) in [5, 5.41) is 0. The van der Waals surface area contributed by atoms with Gasteiger partial charge in [0.1, 0.15) is 5.75 Å². The molecule has 6 heteroatoms. The number of nitrogens with two attached hydrogens (primary N) is 1. The van der Waals surface area contributed by atoms with E-state index in [9.17, 15) is 4.79 Å². The predicted molar refractivity (Wildman–Crippen MR) is 72.7 cm³/mol. The summed E-state index contributed by atoms with van der Waals surface area (Å²) in [6, 6.07) is 8.62. The zero-order valence-electron chi connectivity index (χ0n) is 11.2. The molecule has 104 valence electrons. The van der Waals surface area contributed by atoms with Crippen molar-refractivity contribution in [1.29, 1.82) is 0 Å². The molecular formula is C14H15N3O3. The molecule has 1 unspecified atom stereocenters. The van der Waals surface area contributed by atoms with E-state index in [-0.39, 0.29) is 0 Å². The summed E-state index contributed by atoms with van der Waals surface area (Å²) >= 11 is 0. The molecule has 0 aliphatic rings. The van der Waals surface area contributed by atoms with E-state index in [1.54, 1.807) is 37.3 Å². The molecule has 20 heavy (non-hydrogen) atoms. The minimum absolute atomic E-state index is 0.404. The Bertz CT molecular complexity index is 599. The average Bonchev–Trinajstić information content (AvgIpc) is 2.47. The van der Waals surface area contributed by atoms with Crippen LogP contribution in [0.2, 0.25) is 0 Å². The Morgan fingerprint density at radius 2 is 2.00 bits per heavy atom. The van der Waals surface area contributed by atoms with Gasteiger partial charge >= 0.3 is 0 Å². The van der Waals surface area contributed by atoms with Gasteiger partial charge in [0.15, 0.2) is 0 Å². The number of hydrogen-bond acceptors (Lipinski definition) is 5. The molecule has 0 aromatic carbocycles. The monoisotopic (exact) mass is 273 g/mol. The van der Waals surface area contributed by atoms with Crippen LogP contribution in [-0.4, -0.2) is 23.0 Å². The van der Waals surface area contributed by atoms with E-state index in [4.69, 9.17) is 15.2 Å². The zero-order chi connectivity index (χ0) is 14.5. The lowest BCUT2D eigenvalue weighted by atomic mass is 10.1. The predicted octanol–water partition coefficient (Wildman–Crippen LogP) is 1.87. The standard InChI is InChI=1S/C14H15N3O3/c1-9(14(15)18)11-7-6-10(8-16-11)20-13-5-3-4-12(17-13)19-2/h3-9H,1-2H3,(H2,15,18). The number of hydrogen-bond donors (Lipinski definition) is 1. The van der Waals surface area contributed by atoms with Crippen LogP contribution in [0.3, 0.4) is 0 Å². The van der Waals surface area contributed by atoms with Gasteiger partial charge in [0.2, 0.25) is 17.7 Å². The van der Waals surface area contributed by atoms with Crippen LogP contribution in [0.25, 0.3) is 0 Å². The van der Waals surface area contributed by atoms with Crippen LogP contribution in [0.5, 0.6) is 17.5 Å². The summed E-state index contributed by atoms with van der Waals surface area (Å²) in [6.45, 7) is 1.70. The molecule has 2 aromatic heterocycles. The molecule has 0 bridgehead atoms. The molecule has 0 aliphatic carbocycles. The van der Waals surface area contributed by atoms with Crippen molar-refractivity contribution in [3.05, 3.63) is 42.2 Å². The van der Waals surface area contributed by atoms with Gasteiger partial charge < -0.3 is 15.2 Å². The van der Waals surface area contributed by atoms with E-state index in [1.165, 1.54) is 13.3 Å². The molecule has 2 heterocycles. The molecule has 2 aromatic rings. The van der Waals surface area contributed by atoms with Crippen molar-refractivity contribution in [3.63, 3.8) is 0 Å². The molecule has 1 amide bonds. The van der Waals surface area contributed by atoms with Crippen molar-refractivity contribution < 1.29 is 14.3 Å². The van der Waals surface area contributed by atoms with Gasteiger partial charge in [-0.1, -0.05) is 6.07 Å². The summed E-state index contributed by atoms with van der Waals surface area (Å²) in [5.41, 5.74) is 5.83. The number of aromatic nitrogens is 2. The van der Waals surface area contributed by atoms with E-state index >= 15 is 0 Å². The number of methoxy groups -OCH3 is 1. The van der Waals surface area contributed by atoms with Crippen LogP contribution in [0, 0.1) is 0 Å². The van der Waals surface area contributed by atoms with Crippen molar-refractivity contribution in [2.75, 3.05) is 7.11 Å². The maximum Gasteiger partial charge on any atom is 0.226 e. The quantitative estimate of drug-likeness (QED) is 0.898. The smallest absolute Gasteiger partial charge is 0.226 e. The molecule has 1 atom stereocenters. The second-order valence-corrected chi connectivity index (χ2v) is 4.16. The third-order valence-corrected chi connectivity index (χ3v) is 2.76. The van der Waals surface area contributed by atoms with Crippen LogP contribution in [-0.2, 0) is 4.79 Å². The van der Waals surface area contributed by atoms with E-state index < -0.39 is 11.8 Å². The minimum atomic E-state index is -0.431. The van der Waals surface area contributed by atoms with Gasteiger partial charge in [-0.3, -0.25) is 9.78 Å². The number of primary amides is 1. The molecule has 0 radical (unpaired) electrons. The molecule has 0 saturated heterocycles. The Morgan fingerprint density at radius 1 is 1.25 bits per heavy atom. The van der Waals surface area contributed by atoms with Crippen molar-refractivity contribution in [3.8, 4) is 17.5 Å². The molecule has 0 fully saturated rings. The van der Waals surface area contributed by atoms with E-state index in [2.05, 4.69) is 9.97 Å². The lowest BCUT2D eigenvalue weighted by Crippen LogP contribution is -2.19. The lowest BCUT2D eigenvalue weighted by Gasteiger charge is -2.08. The second kappa shape index (κ2) is 6.01. The first-order valence-electron chi connectivity index (χ1n) is 6.04. The fourth-order valence-electron chi connectivity index (χ4n) is 1.54. The van der Waals surface area contributed by atoms with Crippen LogP contribution >= 0.6 is 0 Å². The summed E-state index contributed by atoms with van der Waals surface area (Å²) in [6.07, 6.45) is 1.52. The van der Waals surface area contributed by atoms with Gasteiger partial charge in [0.25, 0.3) is 0 Å². The number of ether oxygens (including phenoxy) is 2. The van der Waals surface area contributed by atoms with Crippen LogP contribution in [0.4, 0.5) is 0 Å². The molecule has 2 N–H and O–H groups in total. The number of pyridine rings is 2. The topological polar surface area (TPSA) is 87.3 Å². The molecule has 0 spiro atoms. The van der Waals surface area contributed by atoms with Crippen molar-refractivity contribution >= 4 is 5.91 Å². The fraction of sp³-hybridized carbons (Fsp3) is 0.214. The third kappa shape index (κ3) is 3.23. The Balaban J connectivity index is 2.12. The SMILES string of the molecule is COc1cccc(Oc2ccc(C(C)C(N)=O)nc2)n1. The van der Waals surface area contributed by atoms with Crippen LogP contribution < -0.4 is 15.2 Å². The first kappa shape index (κ1) is 13.8. The molecule has 2 rings (SSSR count). The summed E-state index contributed by atoms with van der Waals surface area (Å²) in [5.74, 6) is 0.544. The minimum Gasteiger partial charge on any atom is -0.481 e. The van der Waals surface area contributed by atoms with Crippen LogP contribution in [0.1, 0.15) is 18.5 Å². The molecule has 0 aliphatic heterocycles. The maximum atomic E-state index is 11.1. The van der Waals surface area contributed by atoms with E-state index in [0.717, 1.165) is 0 Å². The number of carbonyl (C=O) groups is 1. The van der Waals surface area contributed by atoms with E-state index in [1.807, 2.05) is 0 Å². The zero-order valence-corrected chi connectivity index (χ0v) is 11.2. The lowest BCUT2D eigenvalue weighted by molar-refractivity contribution is -0.119. The largest absolute Gasteiger partial charge is 0.481 e. The Kier molecular flexibility index (Phi) is 4.14. The highest BCUT2D eigenvalue weighted by atomic mass is 16.5. The highest BCUT2D eigenvalue weighted by Crippen LogP contribution is 2.22.